The third-order valence-corrected chi connectivity index (χ3v) is 4.20. The van der Waals surface area contributed by atoms with Crippen molar-refractivity contribution in [3.63, 3.8) is 0 Å². The first kappa shape index (κ1) is 15.4. The summed E-state index contributed by atoms with van der Waals surface area (Å²) in [5, 5.41) is 2.65. The fourth-order valence-electron chi connectivity index (χ4n) is 2.94. The van der Waals surface area contributed by atoms with Gasteiger partial charge >= 0.3 is 0 Å². The number of likely N-dealkylation sites (tertiary alicyclic amines) is 1. The number of nitrogens with zero attached hydrogens (tertiary/aromatic N) is 3. The predicted octanol–water partition coefficient (Wildman–Crippen LogP) is 1.19. The van der Waals surface area contributed by atoms with Crippen LogP contribution in [-0.2, 0) is 16.1 Å². The Morgan fingerprint density at radius 2 is 2.04 bits per heavy atom. The van der Waals surface area contributed by atoms with E-state index in [2.05, 4.69) is 15.3 Å². The van der Waals surface area contributed by atoms with E-state index in [-0.39, 0.29) is 31.0 Å². The summed E-state index contributed by atoms with van der Waals surface area (Å²) in [6, 6.07) is 7.25. The maximum absolute atomic E-state index is 12.3. The molecule has 25 heavy (non-hydrogen) atoms. The number of ether oxygens (including phenoxy) is 2. The summed E-state index contributed by atoms with van der Waals surface area (Å²) in [7, 11) is 0. The van der Waals surface area contributed by atoms with Crippen molar-refractivity contribution in [1.82, 2.24) is 14.9 Å². The van der Waals surface area contributed by atoms with Crippen molar-refractivity contribution >= 4 is 17.8 Å². The summed E-state index contributed by atoms with van der Waals surface area (Å²) in [5.41, 5.74) is 0.935. The minimum atomic E-state index is -0.412. The molecule has 4 rings (SSSR count). The zero-order chi connectivity index (χ0) is 17.2. The smallest absolute Gasteiger partial charge is 0.232 e. The number of anilines is 1. The molecule has 1 aromatic heterocycles. The second kappa shape index (κ2) is 6.39. The number of carbonyl (C=O) groups excluding carboxylic acids is 2. The molecule has 1 aromatic carbocycles. The maximum Gasteiger partial charge on any atom is 0.232 e. The average molecular weight is 340 g/mol. The van der Waals surface area contributed by atoms with Gasteiger partial charge in [-0.2, -0.15) is 0 Å². The Hall–Kier alpha value is -3.16. The minimum Gasteiger partial charge on any atom is -0.454 e. The van der Waals surface area contributed by atoms with Gasteiger partial charge in [0.05, 0.1) is 5.92 Å². The Bertz CT molecular complexity index is 812. The lowest BCUT2D eigenvalue weighted by molar-refractivity contribution is -0.128. The van der Waals surface area contributed by atoms with E-state index in [0.29, 0.717) is 24.6 Å². The maximum atomic E-state index is 12.3. The SMILES string of the molecule is O=C(Nc1ncccn1)C1CC(=O)N(Cc2ccc3c(c2)OCO3)C1. The Labute approximate surface area is 143 Å². The van der Waals surface area contributed by atoms with Crippen LogP contribution in [0.5, 0.6) is 11.5 Å². The summed E-state index contributed by atoms with van der Waals surface area (Å²) in [4.78, 5) is 34.1. The highest BCUT2D eigenvalue weighted by Crippen LogP contribution is 2.33. The van der Waals surface area contributed by atoms with Crippen molar-refractivity contribution in [2.24, 2.45) is 5.92 Å². The summed E-state index contributed by atoms with van der Waals surface area (Å²) >= 11 is 0. The molecule has 0 aliphatic carbocycles. The molecular weight excluding hydrogens is 324 g/mol. The normalized spacial score (nSPS) is 18.5. The molecule has 0 saturated carbocycles. The van der Waals surface area contributed by atoms with E-state index in [1.54, 1.807) is 23.4 Å². The van der Waals surface area contributed by atoms with E-state index < -0.39 is 5.92 Å². The zero-order valence-corrected chi connectivity index (χ0v) is 13.3. The van der Waals surface area contributed by atoms with E-state index in [1.807, 2.05) is 18.2 Å². The van der Waals surface area contributed by atoms with Crippen molar-refractivity contribution in [1.29, 1.82) is 0 Å². The summed E-state index contributed by atoms with van der Waals surface area (Å²) in [5.74, 6) is 0.926. The van der Waals surface area contributed by atoms with Crippen molar-refractivity contribution in [3.05, 3.63) is 42.2 Å². The predicted molar refractivity (Wildman–Crippen MR) is 86.8 cm³/mol. The van der Waals surface area contributed by atoms with Gasteiger partial charge in [0.25, 0.3) is 0 Å². The molecule has 128 valence electrons. The Kier molecular flexibility index (Phi) is 3.93. The second-order valence-electron chi connectivity index (χ2n) is 5.92. The molecule has 0 spiro atoms. The van der Waals surface area contributed by atoms with Crippen molar-refractivity contribution in [2.75, 3.05) is 18.7 Å². The standard InChI is InChI=1S/C17H16N4O4/c22-15-7-12(16(23)20-17-18-4-1-5-19-17)9-21(15)8-11-2-3-13-14(6-11)25-10-24-13/h1-6,12H,7-10H2,(H,18,19,20,23). The number of benzene rings is 1. The minimum absolute atomic E-state index is 0.0493. The van der Waals surface area contributed by atoms with Gasteiger partial charge in [-0.1, -0.05) is 6.07 Å². The highest BCUT2D eigenvalue weighted by atomic mass is 16.7. The first-order valence-corrected chi connectivity index (χ1v) is 7.93. The van der Waals surface area contributed by atoms with Gasteiger partial charge in [-0.05, 0) is 23.8 Å². The van der Waals surface area contributed by atoms with Gasteiger partial charge in [-0.3, -0.25) is 14.9 Å². The summed E-state index contributed by atoms with van der Waals surface area (Å²) in [6.45, 7) is 1.01. The topological polar surface area (TPSA) is 93.7 Å². The molecule has 2 aliphatic heterocycles. The third kappa shape index (κ3) is 3.23. The number of carbonyl (C=O) groups is 2. The van der Waals surface area contributed by atoms with Gasteiger partial charge in [0.1, 0.15) is 0 Å². The summed E-state index contributed by atoms with van der Waals surface area (Å²) in [6.07, 6.45) is 3.28. The quantitative estimate of drug-likeness (QED) is 0.899. The molecule has 0 radical (unpaired) electrons. The van der Waals surface area contributed by atoms with Gasteiger partial charge in [-0.25, -0.2) is 9.97 Å². The lowest BCUT2D eigenvalue weighted by atomic mass is 10.1. The zero-order valence-electron chi connectivity index (χ0n) is 13.3. The first-order chi connectivity index (χ1) is 12.2. The number of fused-ring (bicyclic) bond motifs is 1. The van der Waals surface area contributed by atoms with Crippen LogP contribution in [0.15, 0.2) is 36.7 Å². The fourth-order valence-corrected chi connectivity index (χ4v) is 2.94. The largest absolute Gasteiger partial charge is 0.454 e. The van der Waals surface area contributed by atoms with Crippen LogP contribution in [0.4, 0.5) is 5.95 Å². The highest BCUT2D eigenvalue weighted by Gasteiger charge is 2.34. The molecule has 2 aliphatic rings. The van der Waals surface area contributed by atoms with E-state index in [0.717, 1.165) is 5.56 Å². The summed E-state index contributed by atoms with van der Waals surface area (Å²) < 4.78 is 10.6. The van der Waals surface area contributed by atoms with Crippen molar-refractivity contribution in [2.45, 2.75) is 13.0 Å². The van der Waals surface area contributed by atoms with Crippen LogP contribution in [0.25, 0.3) is 0 Å². The van der Waals surface area contributed by atoms with Gasteiger partial charge in [0.15, 0.2) is 11.5 Å². The molecule has 1 fully saturated rings. The molecule has 8 nitrogen and oxygen atoms in total. The van der Waals surface area contributed by atoms with Gasteiger partial charge in [0, 0.05) is 31.9 Å². The molecule has 8 heteroatoms. The number of hydrogen-bond donors (Lipinski definition) is 1. The number of nitrogens with one attached hydrogen (secondary N) is 1. The van der Waals surface area contributed by atoms with Crippen LogP contribution in [-0.4, -0.2) is 40.0 Å². The molecule has 1 atom stereocenters. The van der Waals surface area contributed by atoms with Crippen LogP contribution in [0.2, 0.25) is 0 Å². The molecule has 2 amide bonds. The lowest BCUT2D eigenvalue weighted by Crippen LogP contribution is -2.28. The van der Waals surface area contributed by atoms with E-state index in [9.17, 15) is 9.59 Å². The van der Waals surface area contributed by atoms with Crippen LogP contribution in [0.1, 0.15) is 12.0 Å². The molecule has 1 saturated heterocycles. The molecule has 3 heterocycles. The first-order valence-electron chi connectivity index (χ1n) is 7.93. The van der Waals surface area contributed by atoms with Gasteiger partial charge in [-0.15, -0.1) is 0 Å². The van der Waals surface area contributed by atoms with E-state index >= 15 is 0 Å². The lowest BCUT2D eigenvalue weighted by Gasteiger charge is -2.16. The molecule has 0 bridgehead atoms. The molecular formula is C17H16N4O4. The number of hydrogen-bond acceptors (Lipinski definition) is 6. The van der Waals surface area contributed by atoms with E-state index in [1.165, 1.54) is 0 Å². The van der Waals surface area contributed by atoms with Crippen molar-refractivity contribution < 1.29 is 19.1 Å². The van der Waals surface area contributed by atoms with E-state index in [4.69, 9.17) is 9.47 Å². The second-order valence-corrected chi connectivity index (χ2v) is 5.92. The Morgan fingerprint density at radius 3 is 2.88 bits per heavy atom. The average Bonchev–Trinajstić information content (AvgIpc) is 3.22. The highest BCUT2D eigenvalue weighted by molar-refractivity contribution is 5.96. The Balaban J connectivity index is 1.39. The number of amides is 2. The van der Waals surface area contributed by atoms with Crippen LogP contribution < -0.4 is 14.8 Å². The number of aromatic nitrogens is 2. The van der Waals surface area contributed by atoms with Crippen LogP contribution in [0.3, 0.4) is 0 Å². The van der Waals surface area contributed by atoms with Gasteiger partial charge in [0.2, 0.25) is 24.6 Å². The van der Waals surface area contributed by atoms with Gasteiger partial charge < -0.3 is 14.4 Å². The third-order valence-electron chi connectivity index (χ3n) is 4.20. The monoisotopic (exact) mass is 340 g/mol. The van der Waals surface area contributed by atoms with Crippen molar-refractivity contribution in [3.8, 4) is 11.5 Å². The molecule has 1 N–H and O–H groups in total. The van der Waals surface area contributed by atoms with Crippen LogP contribution >= 0.6 is 0 Å². The number of rotatable bonds is 4. The Morgan fingerprint density at radius 1 is 1.24 bits per heavy atom. The van der Waals surface area contributed by atoms with Crippen LogP contribution in [0, 0.1) is 5.92 Å². The molecule has 1 unspecified atom stereocenters. The molecule has 2 aromatic rings. The fraction of sp³-hybridized carbons (Fsp3) is 0.294.